The summed E-state index contributed by atoms with van der Waals surface area (Å²) in [7, 11) is 0. The van der Waals surface area contributed by atoms with E-state index < -0.39 is 0 Å². The number of nitrogens with zero attached hydrogens (tertiary/aromatic N) is 2. The normalized spacial score (nSPS) is 11.4. The Balaban J connectivity index is 1.95. The number of furan rings is 1. The molecule has 22 heavy (non-hydrogen) atoms. The van der Waals surface area contributed by atoms with Crippen molar-refractivity contribution in [1.82, 2.24) is 10.2 Å². The Morgan fingerprint density at radius 3 is 2.73 bits per heavy atom. The number of hydrogen-bond donors (Lipinski definition) is 1. The van der Waals surface area contributed by atoms with Gasteiger partial charge in [0.25, 0.3) is 5.91 Å². The molecule has 0 atom stereocenters. The van der Waals surface area contributed by atoms with Gasteiger partial charge in [0, 0.05) is 4.47 Å². The van der Waals surface area contributed by atoms with Crippen molar-refractivity contribution in [2.24, 2.45) is 0 Å². The summed E-state index contributed by atoms with van der Waals surface area (Å²) in [4.78, 5) is 12.5. The van der Waals surface area contributed by atoms with E-state index in [0.717, 1.165) is 10.0 Å². The molecule has 2 heterocycles. The SMILES string of the molecule is O=C(Nc1nncs1)/C(=C\c1ccco1)c1ccc(Br)cc1. The molecular weight excluding hydrogens is 366 g/mol. The maximum atomic E-state index is 12.5. The van der Waals surface area contributed by atoms with Gasteiger partial charge in [-0.3, -0.25) is 10.1 Å². The number of amides is 1. The molecule has 110 valence electrons. The zero-order valence-electron chi connectivity index (χ0n) is 11.2. The van der Waals surface area contributed by atoms with Crippen LogP contribution in [0.1, 0.15) is 11.3 Å². The van der Waals surface area contributed by atoms with Crippen molar-refractivity contribution in [2.75, 3.05) is 5.32 Å². The summed E-state index contributed by atoms with van der Waals surface area (Å²) in [6.07, 6.45) is 3.26. The summed E-state index contributed by atoms with van der Waals surface area (Å²) in [6.45, 7) is 0. The Bertz CT molecular complexity index is 781. The number of anilines is 1. The molecule has 1 aromatic carbocycles. The van der Waals surface area contributed by atoms with E-state index in [4.69, 9.17) is 4.42 Å². The molecule has 5 nitrogen and oxygen atoms in total. The van der Waals surface area contributed by atoms with Gasteiger partial charge in [0.15, 0.2) is 0 Å². The van der Waals surface area contributed by atoms with E-state index in [2.05, 4.69) is 31.4 Å². The number of carbonyl (C=O) groups is 1. The lowest BCUT2D eigenvalue weighted by atomic mass is 10.0. The maximum Gasteiger partial charge on any atom is 0.258 e. The predicted octanol–water partition coefficient (Wildman–Crippen LogP) is 4.07. The first-order chi connectivity index (χ1) is 10.7. The van der Waals surface area contributed by atoms with Gasteiger partial charge in [-0.05, 0) is 35.9 Å². The third kappa shape index (κ3) is 3.49. The van der Waals surface area contributed by atoms with Crippen molar-refractivity contribution in [2.45, 2.75) is 0 Å². The Kier molecular flexibility index (Phi) is 4.45. The van der Waals surface area contributed by atoms with Gasteiger partial charge >= 0.3 is 0 Å². The second-order valence-corrected chi connectivity index (χ2v) is 6.03. The minimum absolute atomic E-state index is 0.268. The molecule has 0 spiro atoms. The molecule has 1 amide bonds. The van der Waals surface area contributed by atoms with Crippen molar-refractivity contribution in [3.63, 3.8) is 0 Å². The summed E-state index contributed by atoms with van der Waals surface area (Å²) in [5, 5.41) is 10.7. The zero-order valence-corrected chi connectivity index (χ0v) is 13.6. The smallest absolute Gasteiger partial charge is 0.258 e. The van der Waals surface area contributed by atoms with Crippen molar-refractivity contribution < 1.29 is 9.21 Å². The van der Waals surface area contributed by atoms with Crippen LogP contribution in [0, 0.1) is 0 Å². The van der Waals surface area contributed by atoms with Crippen molar-refractivity contribution >= 4 is 50.0 Å². The topological polar surface area (TPSA) is 68.0 Å². The van der Waals surface area contributed by atoms with E-state index in [1.165, 1.54) is 11.3 Å². The molecule has 0 saturated heterocycles. The van der Waals surface area contributed by atoms with E-state index in [0.29, 0.717) is 16.5 Å². The molecule has 0 aliphatic carbocycles. The summed E-state index contributed by atoms with van der Waals surface area (Å²) in [5.41, 5.74) is 2.82. The molecule has 0 bridgehead atoms. The van der Waals surface area contributed by atoms with Crippen LogP contribution in [0.15, 0.2) is 57.1 Å². The summed E-state index contributed by atoms with van der Waals surface area (Å²) in [5.74, 6) is 0.334. The molecule has 7 heteroatoms. The number of hydrogen-bond acceptors (Lipinski definition) is 5. The van der Waals surface area contributed by atoms with Crippen molar-refractivity contribution in [1.29, 1.82) is 0 Å². The summed E-state index contributed by atoms with van der Waals surface area (Å²) < 4.78 is 6.25. The van der Waals surface area contributed by atoms with Crippen LogP contribution in [-0.2, 0) is 4.79 Å². The second-order valence-electron chi connectivity index (χ2n) is 4.28. The third-order valence-electron chi connectivity index (χ3n) is 2.81. The van der Waals surface area contributed by atoms with Crippen LogP contribution in [-0.4, -0.2) is 16.1 Å². The van der Waals surface area contributed by atoms with Crippen LogP contribution in [0.5, 0.6) is 0 Å². The average molecular weight is 376 g/mol. The first kappa shape index (κ1) is 14.7. The largest absolute Gasteiger partial charge is 0.465 e. The van der Waals surface area contributed by atoms with Crippen LogP contribution < -0.4 is 5.32 Å². The molecule has 1 N–H and O–H groups in total. The van der Waals surface area contributed by atoms with Gasteiger partial charge in [-0.15, -0.1) is 10.2 Å². The summed E-state index contributed by atoms with van der Waals surface area (Å²) in [6, 6.07) is 11.0. The van der Waals surface area contributed by atoms with Gasteiger partial charge in [-0.2, -0.15) is 0 Å². The Morgan fingerprint density at radius 1 is 1.27 bits per heavy atom. The minimum Gasteiger partial charge on any atom is -0.465 e. The highest BCUT2D eigenvalue weighted by Gasteiger charge is 2.14. The molecule has 0 saturated carbocycles. The van der Waals surface area contributed by atoms with Gasteiger partial charge in [0.2, 0.25) is 5.13 Å². The molecule has 0 radical (unpaired) electrons. The molecule has 0 aliphatic rings. The second kappa shape index (κ2) is 6.67. The molecule has 0 aliphatic heterocycles. The molecule has 0 fully saturated rings. The Labute approximate surface area is 138 Å². The van der Waals surface area contributed by atoms with Crippen LogP contribution in [0.25, 0.3) is 11.6 Å². The van der Waals surface area contributed by atoms with Crippen LogP contribution in [0.3, 0.4) is 0 Å². The Hall–Kier alpha value is -2.25. The van der Waals surface area contributed by atoms with Gasteiger partial charge in [-0.25, -0.2) is 0 Å². The van der Waals surface area contributed by atoms with Crippen molar-refractivity contribution in [3.8, 4) is 0 Å². The fourth-order valence-electron chi connectivity index (χ4n) is 1.82. The fraction of sp³-hybridized carbons (Fsp3) is 0. The zero-order chi connectivity index (χ0) is 15.4. The highest BCUT2D eigenvalue weighted by Crippen LogP contribution is 2.23. The first-order valence-corrected chi connectivity index (χ1v) is 7.98. The number of aromatic nitrogens is 2. The molecular formula is C15H10BrN3O2S. The number of nitrogens with one attached hydrogen (secondary N) is 1. The average Bonchev–Trinajstić information content (AvgIpc) is 3.19. The number of halogens is 1. The van der Waals surface area contributed by atoms with E-state index in [9.17, 15) is 4.79 Å². The predicted molar refractivity (Wildman–Crippen MR) is 89.3 cm³/mol. The monoisotopic (exact) mass is 375 g/mol. The minimum atomic E-state index is -0.268. The maximum absolute atomic E-state index is 12.5. The lowest BCUT2D eigenvalue weighted by Crippen LogP contribution is -2.13. The number of rotatable bonds is 4. The van der Waals surface area contributed by atoms with E-state index in [1.807, 2.05) is 24.3 Å². The highest BCUT2D eigenvalue weighted by molar-refractivity contribution is 9.10. The highest BCUT2D eigenvalue weighted by atomic mass is 79.9. The number of carbonyl (C=O) groups excluding carboxylic acids is 1. The summed E-state index contributed by atoms with van der Waals surface area (Å²) >= 11 is 4.65. The number of benzene rings is 1. The molecule has 3 aromatic rings. The van der Waals surface area contributed by atoms with Gasteiger partial charge < -0.3 is 4.42 Å². The van der Waals surface area contributed by atoms with Gasteiger partial charge in [0.05, 0.1) is 11.8 Å². The van der Waals surface area contributed by atoms with Crippen LogP contribution in [0.4, 0.5) is 5.13 Å². The van der Waals surface area contributed by atoms with Gasteiger partial charge in [0.1, 0.15) is 11.3 Å². The third-order valence-corrected chi connectivity index (χ3v) is 3.95. The van der Waals surface area contributed by atoms with E-state index in [1.54, 1.807) is 30.0 Å². The van der Waals surface area contributed by atoms with E-state index >= 15 is 0 Å². The first-order valence-electron chi connectivity index (χ1n) is 6.31. The van der Waals surface area contributed by atoms with Crippen molar-refractivity contribution in [3.05, 3.63) is 64.0 Å². The Morgan fingerprint density at radius 2 is 2.09 bits per heavy atom. The lowest BCUT2D eigenvalue weighted by molar-refractivity contribution is -0.111. The quantitative estimate of drug-likeness (QED) is 0.697. The van der Waals surface area contributed by atoms with Crippen LogP contribution >= 0.6 is 27.3 Å². The lowest BCUT2D eigenvalue weighted by Gasteiger charge is -2.07. The van der Waals surface area contributed by atoms with E-state index in [-0.39, 0.29) is 5.91 Å². The van der Waals surface area contributed by atoms with Crippen LogP contribution in [0.2, 0.25) is 0 Å². The molecule has 2 aromatic heterocycles. The molecule has 3 rings (SSSR count). The molecule has 0 unspecified atom stereocenters. The standard InChI is InChI=1S/C15H10BrN3O2S/c16-11-5-3-10(4-6-11)13(8-12-2-1-7-21-12)14(20)18-15-19-17-9-22-15/h1-9H,(H,18,19,20)/b13-8-. The van der Waals surface area contributed by atoms with Gasteiger partial charge in [-0.1, -0.05) is 39.4 Å². The fourth-order valence-corrected chi connectivity index (χ4v) is 2.52.